The molecule has 0 radical (unpaired) electrons. The quantitative estimate of drug-likeness (QED) is 0.847. The number of hydrogen-bond donors (Lipinski definition) is 1. The number of nitrogens with one attached hydrogen (secondary N) is 1. The summed E-state index contributed by atoms with van der Waals surface area (Å²) in [6.07, 6.45) is 6.22. The summed E-state index contributed by atoms with van der Waals surface area (Å²) >= 11 is 0. The van der Waals surface area contributed by atoms with Crippen LogP contribution in [0.4, 0.5) is 0 Å². The summed E-state index contributed by atoms with van der Waals surface area (Å²) in [5.41, 5.74) is 3.79. The van der Waals surface area contributed by atoms with Gasteiger partial charge in [-0.25, -0.2) is 0 Å². The maximum absolute atomic E-state index is 4.79. The Morgan fingerprint density at radius 3 is 2.89 bits per heavy atom. The van der Waals surface area contributed by atoms with Crippen LogP contribution in [0, 0.1) is 0 Å². The van der Waals surface area contributed by atoms with E-state index in [-0.39, 0.29) is 0 Å². The smallest absolute Gasteiger partial charge is 0.0708 e. The summed E-state index contributed by atoms with van der Waals surface area (Å²) < 4.78 is 0. The zero-order valence-electron chi connectivity index (χ0n) is 11.7. The first kappa shape index (κ1) is 12.6. The van der Waals surface area contributed by atoms with Crippen LogP contribution in [-0.4, -0.2) is 11.0 Å². The van der Waals surface area contributed by atoms with Crippen molar-refractivity contribution >= 4 is 10.9 Å². The van der Waals surface area contributed by atoms with E-state index in [1.165, 1.54) is 42.3 Å². The average Bonchev–Trinajstić information content (AvgIpc) is 3.26. The van der Waals surface area contributed by atoms with Crippen LogP contribution in [0.2, 0.25) is 0 Å². The van der Waals surface area contributed by atoms with Gasteiger partial charge in [0.2, 0.25) is 0 Å². The molecule has 1 aromatic carbocycles. The Balaban J connectivity index is 1.90. The molecule has 1 aliphatic carbocycles. The van der Waals surface area contributed by atoms with E-state index in [2.05, 4.69) is 42.6 Å². The van der Waals surface area contributed by atoms with Gasteiger partial charge in [-0.15, -0.1) is 0 Å². The molecule has 1 saturated carbocycles. The van der Waals surface area contributed by atoms with Crippen LogP contribution < -0.4 is 5.32 Å². The Kier molecular flexibility index (Phi) is 3.79. The third-order valence-corrected chi connectivity index (χ3v) is 3.80. The zero-order valence-corrected chi connectivity index (χ0v) is 11.7. The van der Waals surface area contributed by atoms with Gasteiger partial charge in [-0.05, 0) is 43.4 Å². The molecule has 0 aliphatic heterocycles. The normalized spacial score (nSPS) is 15.0. The maximum atomic E-state index is 4.79. The standard InChI is InChI=1S/C17H22N2/c1-2-3-6-15-11-13(12-18-14-9-10-14)16-7-4-5-8-17(16)19-15/h4-5,7-8,11,14,18H,2-3,6,9-10,12H2,1H3. The first-order chi connectivity index (χ1) is 9.36. The van der Waals surface area contributed by atoms with Crippen LogP contribution in [0.1, 0.15) is 43.9 Å². The van der Waals surface area contributed by atoms with Gasteiger partial charge in [-0.3, -0.25) is 4.98 Å². The van der Waals surface area contributed by atoms with Crippen molar-refractivity contribution < 1.29 is 0 Å². The number of pyridine rings is 1. The minimum Gasteiger partial charge on any atom is -0.310 e. The Labute approximate surface area is 115 Å². The molecule has 0 atom stereocenters. The molecule has 2 heteroatoms. The zero-order chi connectivity index (χ0) is 13.1. The number of benzene rings is 1. The number of aryl methyl sites for hydroxylation is 1. The van der Waals surface area contributed by atoms with E-state index in [4.69, 9.17) is 4.98 Å². The van der Waals surface area contributed by atoms with Gasteiger partial charge in [-0.1, -0.05) is 31.5 Å². The number of aromatic nitrogens is 1. The SMILES string of the molecule is CCCCc1cc(CNC2CC2)c2ccccc2n1. The molecule has 1 aromatic heterocycles. The van der Waals surface area contributed by atoms with Crippen LogP contribution in [0.5, 0.6) is 0 Å². The summed E-state index contributed by atoms with van der Waals surface area (Å²) in [6.45, 7) is 3.21. The van der Waals surface area contributed by atoms with Gasteiger partial charge in [-0.2, -0.15) is 0 Å². The Hall–Kier alpha value is -1.41. The van der Waals surface area contributed by atoms with Crippen LogP contribution in [-0.2, 0) is 13.0 Å². The molecule has 1 fully saturated rings. The number of unbranched alkanes of at least 4 members (excludes halogenated alkanes) is 1. The summed E-state index contributed by atoms with van der Waals surface area (Å²) in [5.74, 6) is 0. The molecule has 1 heterocycles. The molecular weight excluding hydrogens is 232 g/mol. The Bertz CT molecular complexity index is 558. The lowest BCUT2D eigenvalue weighted by atomic mass is 10.1. The summed E-state index contributed by atoms with van der Waals surface area (Å²) in [5, 5.41) is 4.92. The highest BCUT2D eigenvalue weighted by Crippen LogP contribution is 2.23. The minimum absolute atomic E-state index is 0.756. The highest BCUT2D eigenvalue weighted by molar-refractivity contribution is 5.82. The van der Waals surface area contributed by atoms with E-state index >= 15 is 0 Å². The molecule has 1 N–H and O–H groups in total. The fourth-order valence-corrected chi connectivity index (χ4v) is 2.48. The minimum atomic E-state index is 0.756. The lowest BCUT2D eigenvalue weighted by molar-refractivity contribution is 0.688. The molecule has 19 heavy (non-hydrogen) atoms. The molecule has 0 bridgehead atoms. The van der Waals surface area contributed by atoms with Crippen molar-refractivity contribution in [1.82, 2.24) is 10.3 Å². The van der Waals surface area contributed by atoms with Crippen molar-refractivity contribution in [3.8, 4) is 0 Å². The molecule has 2 aromatic rings. The Morgan fingerprint density at radius 2 is 2.11 bits per heavy atom. The number of nitrogens with zero attached hydrogens (tertiary/aromatic N) is 1. The van der Waals surface area contributed by atoms with E-state index < -0.39 is 0 Å². The number of rotatable bonds is 6. The maximum Gasteiger partial charge on any atom is 0.0708 e. The first-order valence-corrected chi connectivity index (χ1v) is 7.47. The highest BCUT2D eigenvalue weighted by Gasteiger charge is 2.20. The average molecular weight is 254 g/mol. The van der Waals surface area contributed by atoms with Crippen molar-refractivity contribution in [2.75, 3.05) is 0 Å². The predicted octanol–water partition coefficient (Wildman–Crippen LogP) is 3.83. The van der Waals surface area contributed by atoms with E-state index in [1.54, 1.807) is 0 Å². The number of hydrogen-bond acceptors (Lipinski definition) is 2. The van der Waals surface area contributed by atoms with Crippen molar-refractivity contribution in [3.63, 3.8) is 0 Å². The summed E-state index contributed by atoms with van der Waals surface area (Å²) in [4.78, 5) is 4.79. The first-order valence-electron chi connectivity index (χ1n) is 7.47. The summed E-state index contributed by atoms with van der Waals surface area (Å²) in [6, 6.07) is 11.6. The Morgan fingerprint density at radius 1 is 1.26 bits per heavy atom. The predicted molar refractivity (Wildman–Crippen MR) is 80.2 cm³/mol. The lowest BCUT2D eigenvalue weighted by Gasteiger charge is -2.10. The molecule has 0 saturated heterocycles. The number of fused-ring (bicyclic) bond motifs is 1. The summed E-state index contributed by atoms with van der Waals surface area (Å²) in [7, 11) is 0. The van der Waals surface area contributed by atoms with Crippen molar-refractivity contribution in [2.45, 2.75) is 51.6 Å². The molecule has 0 amide bonds. The second-order valence-corrected chi connectivity index (χ2v) is 5.55. The molecular formula is C17H22N2. The molecule has 1 aliphatic rings. The topological polar surface area (TPSA) is 24.9 Å². The molecule has 100 valence electrons. The van der Waals surface area contributed by atoms with Gasteiger partial charge in [0.15, 0.2) is 0 Å². The third kappa shape index (κ3) is 3.13. The van der Waals surface area contributed by atoms with E-state index in [0.717, 1.165) is 24.5 Å². The third-order valence-electron chi connectivity index (χ3n) is 3.80. The fraction of sp³-hybridized carbons (Fsp3) is 0.471. The van der Waals surface area contributed by atoms with E-state index in [9.17, 15) is 0 Å². The van der Waals surface area contributed by atoms with Crippen molar-refractivity contribution in [1.29, 1.82) is 0 Å². The van der Waals surface area contributed by atoms with Gasteiger partial charge < -0.3 is 5.32 Å². The van der Waals surface area contributed by atoms with Crippen molar-refractivity contribution in [3.05, 3.63) is 41.6 Å². The van der Waals surface area contributed by atoms with E-state index in [0.29, 0.717) is 0 Å². The highest BCUT2D eigenvalue weighted by atomic mass is 14.9. The molecule has 0 spiro atoms. The van der Waals surface area contributed by atoms with Crippen LogP contribution >= 0.6 is 0 Å². The fourth-order valence-electron chi connectivity index (χ4n) is 2.48. The van der Waals surface area contributed by atoms with Gasteiger partial charge >= 0.3 is 0 Å². The number of para-hydroxylation sites is 1. The van der Waals surface area contributed by atoms with Gasteiger partial charge in [0.25, 0.3) is 0 Å². The second-order valence-electron chi connectivity index (χ2n) is 5.55. The van der Waals surface area contributed by atoms with Gasteiger partial charge in [0.1, 0.15) is 0 Å². The monoisotopic (exact) mass is 254 g/mol. The van der Waals surface area contributed by atoms with Gasteiger partial charge in [0.05, 0.1) is 5.52 Å². The van der Waals surface area contributed by atoms with E-state index in [1.807, 2.05) is 0 Å². The molecule has 2 nitrogen and oxygen atoms in total. The van der Waals surface area contributed by atoms with Crippen molar-refractivity contribution in [2.24, 2.45) is 0 Å². The van der Waals surface area contributed by atoms with Crippen LogP contribution in [0.3, 0.4) is 0 Å². The molecule has 0 unspecified atom stereocenters. The molecule has 3 rings (SSSR count). The largest absolute Gasteiger partial charge is 0.310 e. The second kappa shape index (κ2) is 5.70. The lowest BCUT2D eigenvalue weighted by Crippen LogP contribution is -2.16. The van der Waals surface area contributed by atoms with Gasteiger partial charge in [0, 0.05) is 23.7 Å². The van der Waals surface area contributed by atoms with Crippen LogP contribution in [0.25, 0.3) is 10.9 Å². The van der Waals surface area contributed by atoms with Crippen LogP contribution in [0.15, 0.2) is 30.3 Å².